The minimum absolute atomic E-state index is 0.0610. The van der Waals surface area contributed by atoms with E-state index in [0.29, 0.717) is 62.3 Å². The fourth-order valence-corrected chi connectivity index (χ4v) is 4.94. The van der Waals surface area contributed by atoms with Crippen molar-refractivity contribution < 1.29 is 31.8 Å². The summed E-state index contributed by atoms with van der Waals surface area (Å²) in [6.07, 6.45) is 0. The van der Waals surface area contributed by atoms with Gasteiger partial charge in [0.2, 0.25) is 26.6 Å². The Bertz CT molecular complexity index is 1220. The average Bonchev–Trinajstić information content (AvgIpc) is 3.31. The minimum Gasteiger partial charge on any atom is -0.497 e. The number of methoxy groups -OCH3 is 1. The predicted molar refractivity (Wildman–Crippen MR) is 114 cm³/mol. The molecule has 2 aliphatic rings. The number of aromatic nitrogens is 1. The SMILES string of the molecule is COc1ccc(-c2nc(S(=O)(=O)c3ccc4c(c3)OCCO4)c(N3CCOCC3)o2)cc1. The van der Waals surface area contributed by atoms with Gasteiger partial charge in [-0.2, -0.15) is 4.98 Å². The third-order valence-electron chi connectivity index (χ3n) is 5.29. The summed E-state index contributed by atoms with van der Waals surface area (Å²) in [5.74, 6) is 2.00. The quantitative estimate of drug-likeness (QED) is 0.571. The van der Waals surface area contributed by atoms with Gasteiger partial charge in [-0.05, 0) is 36.4 Å². The molecule has 0 bridgehead atoms. The highest BCUT2D eigenvalue weighted by Crippen LogP contribution is 2.38. The summed E-state index contributed by atoms with van der Waals surface area (Å²) >= 11 is 0. The van der Waals surface area contributed by atoms with Crippen LogP contribution >= 0.6 is 0 Å². The number of oxazole rings is 1. The molecule has 10 heteroatoms. The second-order valence-corrected chi connectivity index (χ2v) is 9.13. The van der Waals surface area contributed by atoms with Gasteiger partial charge < -0.3 is 28.3 Å². The molecule has 32 heavy (non-hydrogen) atoms. The fraction of sp³-hybridized carbons (Fsp3) is 0.318. The van der Waals surface area contributed by atoms with E-state index in [0.717, 1.165) is 0 Å². The molecule has 0 spiro atoms. The molecule has 0 saturated carbocycles. The smallest absolute Gasteiger partial charge is 0.236 e. The summed E-state index contributed by atoms with van der Waals surface area (Å²) < 4.78 is 55.0. The number of hydrogen-bond acceptors (Lipinski definition) is 9. The maximum absolute atomic E-state index is 13.6. The van der Waals surface area contributed by atoms with E-state index < -0.39 is 9.84 Å². The monoisotopic (exact) mass is 458 g/mol. The second-order valence-electron chi connectivity index (χ2n) is 7.27. The van der Waals surface area contributed by atoms with Gasteiger partial charge >= 0.3 is 0 Å². The highest BCUT2D eigenvalue weighted by atomic mass is 32.2. The molecule has 1 fully saturated rings. The van der Waals surface area contributed by atoms with Gasteiger partial charge in [0, 0.05) is 24.7 Å². The van der Waals surface area contributed by atoms with E-state index >= 15 is 0 Å². The van der Waals surface area contributed by atoms with Gasteiger partial charge in [0.1, 0.15) is 19.0 Å². The number of rotatable bonds is 5. The van der Waals surface area contributed by atoms with Crippen LogP contribution in [0, 0.1) is 0 Å². The molecule has 1 aromatic heterocycles. The second kappa shape index (κ2) is 8.36. The van der Waals surface area contributed by atoms with Crippen LogP contribution in [0.2, 0.25) is 0 Å². The zero-order valence-corrected chi connectivity index (χ0v) is 18.3. The molecule has 168 valence electrons. The molecule has 1 saturated heterocycles. The zero-order valence-electron chi connectivity index (χ0n) is 17.4. The summed E-state index contributed by atoms with van der Waals surface area (Å²) in [4.78, 5) is 6.32. The van der Waals surface area contributed by atoms with E-state index in [1.807, 2.05) is 4.90 Å². The van der Waals surface area contributed by atoms with E-state index in [4.69, 9.17) is 23.4 Å². The van der Waals surface area contributed by atoms with Gasteiger partial charge in [-0.3, -0.25) is 0 Å². The molecule has 5 rings (SSSR count). The van der Waals surface area contributed by atoms with Crippen molar-refractivity contribution in [1.29, 1.82) is 0 Å². The first kappa shape index (κ1) is 20.7. The van der Waals surface area contributed by atoms with E-state index in [2.05, 4.69) is 4.98 Å². The Morgan fingerprint density at radius 3 is 2.38 bits per heavy atom. The topological polar surface area (TPSA) is 100 Å². The van der Waals surface area contributed by atoms with Crippen LogP contribution in [0.5, 0.6) is 17.2 Å². The molecule has 3 heterocycles. The number of benzene rings is 2. The summed E-state index contributed by atoms with van der Waals surface area (Å²) in [6.45, 7) is 2.74. The Morgan fingerprint density at radius 1 is 0.938 bits per heavy atom. The third kappa shape index (κ3) is 3.76. The van der Waals surface area contributed by atoms with Crippen molar-refractivity contribution in [2.45, 2.75) is 9.92 Å². The molecule has 0 atom stereocenters. The van der Waals surface area contributed by atoms with Crippen LogP contribution in [0.3, 0.4) is 0 Å². The van der Waals surface area contributed by atoms with Gasteiger partial charge in [-0.1, -0.05) is 0 Å². The Kier molecular flexibility index (Phi) is 5.40. The van der Waals surface area contributed by atoms with E-state index in [1.54, 1.807) is 37.4 Å². The van der Waals surface area contributed by atoms with Crippen LogP contribution in [0.25, 0.3) is 11.5 Å². The molecule has 0 aliphatic carbocycles. The van der Waals surface area contributed by atoms with Gasteiger partial charge in [-0.25, -0.2) is 8.42 Å². The highest BCUT2D eigenvalue weighted by molar-refractivity contribution is 7.91. The van der Waals surface area contributed by atoms with Crippen LogP contribution in [-0.2, 0) is 14.6 Å². The number of sulfone groups is 1. The zero-order chi connectivity index (χ0) is 22.1. The lowest BCUT2D eigenvalue weighted by Crippen LogP contribution is -2.36. The average molecular weight is 458 g/mol. The minimum atomic E-state index is -4.00. The molecule has 0 unspecified atom stereocenters. The molecule has 0 N–H and O–H groups in total. The lowest BCUT2D eigenvalue weighted by atomic mass is 10.2. The summed E-state index contributed by atoms with van der Waals surface area (Å²) in [6, 6.07) is 11.6. The Morgan fingerprint density at radius 2 is 1.66 bits per heavy atom. The fourth-order valence-electron chi connectivity index (χ4n) is 3.60. The third-order valence-corrected chi connectivity index (χ3v) is 6.94. The van der Waals surface area contributed by atoms with Crippen molar-refractivity contribution in [2.24, 2.45) is 0 Å². The molecular weight excluding hydrogens is 436 g/mol. The van der Waals surface area contributed by atoms with Gasteiger partial charge in [0.05, 0.1) is 25.2 Å². The molecule has 2 aliphatic heterocycles. The van der Waals surface area contributed by atoms with Gasteiger partial charge in [0.15, 0.2) is 11.5 Å². The Hall–Kier alpha value is -3.24. The highest BCUT2D eigenvalue weighted by Gasteiger charge is 2.33. The van der Waals surface area contributed by atoms with Crippen molar-refractivity contribution in [3.8, 4) is 28.7 Å². The van der Waals surface area contributed by atoms with Crippen molar-refractivity contribution >= 4 is 15.7 Å². The summed E-state index contributed by atoms with van der Waals surface area (Å²) in [5.41, 5.74) is 0.643. The first-order chi connectivity index (χ1) is 15.6. The largest absolute Gasteiger partial charge is 0.497 e. The number of hydrogen-bond donors (Lipinski definition) is 0. The Balaban J connectivity index is 1.60. The normalized spacial score (nSPS) is 16.1. The first-order valence-electron chi connectivity index (χ1n) is 10.2. The van der Waals surface area contributed by atoms with Crippen LogP contribution < -0.4 is 19.1 Å². The van der Waals surface area contributed by atoms with E-state index in [1.165, 1.54) is 12.1 Å². The van der Waals surface area contributed by atoms with Crippen LogP contribution in [0.15, 0.2) is 56.8 Å². The van der Waals surface area contributed by atoms with Crippen LogP contribution in [-0.4, -0.2) is 60.0 Å². The summed E-state index contributed by atoms with van der Waals surface area (Å²) in [5, 5.41) is -0.137. The standard InChI is InChI=1S/C22H22N2O7S/c1-27-16-4-2-15(3-5-16)20-23-21(22(31-20)24-8-10-28-11-9-24)32(25,26)17-6-7-18-19(14-17)30-13-12-29-18/h2-7,14H,8-13H2,1H3. The number of morpholine rings is 1. The maximum Gasteiger partial charge on any atom is 0.236 e. The molecule has 0 amide bonds. The lowest BCUT2D eigenvalue weighted by molar-refractivity contribution is 0.120. The number of nitrogens with zero attached hydrogens (tertiary/aromatic N) is 2. The van der Waals surface area contributed by atoms with E-state index in [9.17, 15) is 8.42 Å². The number of ether oxygens (including phenoxy) is 4. The first-order valence-corrected chi connectivity index (χ1v) is 11.7. The van der Waals surface area contributed by atoms with E-state index in [-0.39, 0.29) is 21.7 Å². The van der Waals surface area contributed by atoms with Crippen molar-refractivity contribution in [2.75, 3.05) is 51.5 Å². The number of anilines is 1. The Labute approximate surface area is 185 Å². The maximum atomic E-state index is 13.6. The molecule has 0 radical (unpaired) electrons. The molecular formula is C22H22N2O7S. The van der Waals surface area contributed by atoms with Crippen LogP contribution in [0.1, 0.15) is 0 Å². The van der Waals surface area contributed by atoms with Crippen molar-refractivity contribution in [3.05, 3.63) is 42.5 Å². The molecule has 2 aromatic carbocycles. The molecule has 3 aromatic rings. The van der Waals surface area contributed by atoms with Crippen LogP contribution in [0.4, 0.5) is 5.88 Å². The van der Waals surface area contributed by atoms with Crippen molar-refractivity contribution in [1.82, 2.24) is 4.98 Å². The van der Waals surface area contributed by atoms with Gasteiger partial charge in [-0.15, -0.1) is 0 Å². The van der Waals surface area contributed by atoms with Crippen molar-refractivity contribution in [3.63, 3.8) is 0 Å². The lowest BCUT2D eigenvalue weighted by Gasteiger charge is -2.26. The number of fused-ring (bicyclic) bond motifs is 1. The predicted octanol–water partition coefficient (Wildman–Crippen LogP) is 2.79. The van der Waals surface area contributed by atoms with Gasteiger partial charge in [0.25, 0.3) is 0 Å². The molecule has 9 nitrogen and oxygen atoms in total. The summed E-state index contributed by atoms with van der Waals surface area (Å²) in [7, 11) is -2.42.